The first-order valence-corrected chi connectivity index (χ1v) is 4.87. The number of hydrogen-bond acceptors (Lipinski definition) is 3. The van der Waals surface area contributed by atoms with Crippen molar-refractivity contribution < 1.29 is 9.84 Å². The maximum absolute atomic E-state index is 8.55. The predicted molar refractivity (Wildman–Crippen MR) is 53.4 cm³/mol. The Labute approximate surface area is 85.9 Å². The van der Waals surface area contributed by atoms with Crippen LogP contribution < -0.4 is 0 Å². The average molecular weight is 246 g/mol. The van der Waals surface area contributed by atoms with Crippen molar-refractivity contribution in [3.05, 3.63) is 28.5 Å². The number of halogens is 1. The molecule has 4 heteroatoms. The van der Waals surface area contributed by atoms with Crippen molar-refractivity contribution in [3.8, 4) is 0 Å². The zero-order chi connectivity index (χ0) is 9.68. The lowest BCUT2D eigenvalue weighted by Crippen LogP contribution is -2.05. The van der Waals surface area contributed by atoms with Crippen LogP contribution in [-0.2, 0) is 4.74 Å². The number of aliphatic hydroxyl groups is 1. The molecule has 1 heterocycles. The van der Waals surface area contributed by atoms with Crippen molar-refractivity contribution in [2.75, 3.05) is 13.2 Å². The summed E-state index contributed by atoms with van der Waals surface area (Å²) in [6.45, 7) is 2.30. The van der Waals surface area contributed by atoms with Crippen LogP contribution in [0.5, 0.6) is 0 Å². The maximum Gasteiger partial charge on any atom is 0.0967 e. The molecule has 1 aromatic rings. The van der Waals surface area contributed by atoms with Gasteiger partial charge in [0.1, 0.15) is 0 Å². The van der Waals surface area contributed by atoms with E-state index in [9.17, 15) is 0 Å². The molecular weight excluding hydrogens is 234 g/mol. The van der Waals surface area contributed by atoms with E-state index in [0.717, 1.165) is 10.2 Å². The fraction of sp³-hybridized carbons (Fsp3) is 0.444. The fourth-order valence-corrected chi connectivity index (χ4v) is 1.18. The van der Waals surface area contributed by atoms with Gasteiger partial charge in [-0.25, -0.2) is 0 Å². The largest absolute Gasteiger partial charge is 0.394 e. The molecule has 0 aromatic carbocycles. The Morgan fingerprint density at radius 1 is 1.62 bits per heavy atom. The lowest BCUT2D eigenvalue weighted by atomic mass is 10.2. The van der Waals surface area contributed by atoms with Crippen LogP contribution in [0, 0.1) is 0 Å². The van der Waals surface area contributed by atoms with Gasteiger partial charge in [0.25, 0.3) is 0 Å². The van der Waals surface area contributed by atoms with Crippen LogP contribution in [0.15, 0.2) is 22.8 Å². The molecule has 0 radical (unpaired) electrons. The summed E-state index contributed by atoms with van der Waals surface area (Å²) in [5.74, 6) is 0. The lowest BCUT2D eigenvalue weighted by Gasteiger charge is -2.10. The summed E-state index contributed by atoms with van der Waals surface area (Å²) in [5.41, 5.74) is 0.872. The number of aliphatic hydroxyl groups excluding tert-OH is 1. The van der Waals surface area contributed by atoms with Gasteiger partial charge in [-0.05, 0) is 35.0 Å². The minimum Gasteiger partial charge on any atom is -0.394 e. The Hall–Kier alpha value is -0.450. The van der Waals surface area contributed by atoms with Gasteiger partial charge in [-0.2, -0.15) is 0 Å². The van der Waals surface area contributed by atoms with Gasteiger partial charge in [0.2, 0.25) is 0 Å². The molecule has 0 bridgehead atoms. The Morgan fingerprint density at radius 3 is 2.92 bits per heavy atom. The third kappa shape index (κ3) is 3.42. The second-order valence-electron chi connectivity index (χ2n) is 2.64. The lowest BCUT2D eigenvalue weighted by molar-refractivity contribution is 0.0362. The molecule has 0 aliphatic carbocycles. The third-order valence-corrected chi connectivity index (χ3v) is 2.09. The minimum atomic E-state index is -0.0692. The number of nitrogens with zero attached hydrogens (tertiary/aromatic N) is 1. The number of rotatable bonds is 4. The van der Waals surface area contributed by atoms with Crippen molar-refractivity contribution in [3.63, 3.8) is 0 Å². The zero-order valence-corrected chi connectivity index (χ0v) is 8.99. The molecule has 1 atom stereocenters. The summed E-state index contributed by atoms with van der Waals surface area (Å²) in [6, 6.07) is 3.81. The van der Waals surface area contributed by atoms with Crippen molar-refractivity contribution in [2.24, 2.45) is 0 Å². The van der Waals surface area contributed by atoms with Gasteiger partial charge < -0.3 is 9.84 Å². The molecule has 0 saturated heterocycles. The first-order chi connectivity index (χ1) is 6.24. The van der Waals surface area contributed by atoms with Crippen molar-refractivity contribution in [2.45, 2.75) is 13.0 Å². The van der Waals surface area contributed by atoms with Crippen LogP contribution in [0.4, 0.5) is 0 Å². The van der Waals surface area contributed by atoms with E-state index >= 15 is 0 Å². The smallest absolute Gasteiger partial charge is 0.0967 e. The van der Waals surface area contributed by atoms with Crippen LogP contribution in [0.2, 0.25) is 0 Å². The van der Waals surface area contributed by atoms with E-state index in [-0.39, 0.29) is 12.7 Å². The van der Waals surface area contributed by atoms with E-state index in [1.807, 2.05) is 19.1 Å². The van der Waals surface area contributed by atoms with Gasteiger partial charge in [-0.1, -0.05) is 0 Å². The Bertz CT molecular complexity index is 250. The first kappa shape index (κ1) is 10.6. The van der Waals surface area contributed by atoms with E-state index < -0.39 is 0 Å². The van der Waals surface area contributed by atoms with Crippen molar-refractivity contribution in [1.82, 2.24) is 4.98 Å². The van der Waals surface area contributed by atoms with E-state index in [0.29, 0.717) is 6.61 Å². The predicted octanol–water partition coefficient (Wildman–Crippen LogP) is 1.91. The Balaban J connectivity index is 2.55. The summed E-state index contributed by atoms with van der Waals surface area (Å²) in [5, 5.41) is 8.55. The summed E-state index contributed by atoms with van der Waals surface area (Å²) in [7, 11) is 0. The van der Waals surface area contributed by atoms with E-state index in [2.05, 4.69) is 20.9 Å². The SMILES string of the molecule is C[C@@H](OCCO)c1ccc(Br)cn1. The maximum atomic E-state index is 8.55. The van der Waals surface area contributed by atoms with Crippen molar-refractivity contribution in [1.29, 1.82) is 0 Å². The highest BCUT2D eigenvalue weighted by molar-refractivity contribution is 9.10. The molecule has 0 aliphatic rings. The van der Waals surface area contributed by atoms with Crippen LogP contribution in [-0.4, -0.2) is 23.3 Å². The topological polar surface area (TPSA) is 42.4 Å². The van der Waals surface area contributed by atoms with Gasteiger partial charge >= 0.3 is 0 Å². The third-order valence-electron chi connectivity index (χ3n) is 1.63. The quantitative estimate of drug-likeness (QED) is 0.882. The number of ether oxygens (including phenoxy) is 1. The molecule has 0 saturated carbocycles. The Kier molecular flexibility index (Phi) is 4.35. The molecular formula is C9H12BrNO2. The number of hydrogen-bond donors (Lipinski definition) is 1. The van der Waals surface area contributed by atoms with Gasteiger partial charge in [-0.3, -0.25) is 4.98 Å². The molecule has 72 valence electrons. The zero-order valence-electron chi connectivity index (χ0n) is 7.40. The normalized spacial score (nSPS) is 12.8. The van der Waals surface area contributed by atoms with Crippen LogP contribution in [0.25, 0.3) is 0 Å². The fourth-order valence-electron chi connectivity index (χ4n) is 0.943. The summed E-state index contributed by atoms with van der Waals surface area (Å²) in [4.78, 5) is 4.18. The van der Waals surface area contributed by atoms with E-state index in [1.54, 1.807) is 6.20 Å². The van der Waals surface area contributed by atoms with Gasteiger partial charge in [0.05, 0.1) is 25.0 Å². The van der Waals surface area contributed by atoms with Gasteiger partial charge in [-0.15, -0.1) is 0 Å². The second kappa shape index (κ2) is 5.32. The van der Waals surface area contributed by atoms with Crippen LogP contribution in [0.1, 0.15) is 18.7 Å². The average Bonchev–Trinajstić information content (AvgIpc) is 2.15. The molecule has 3 nitrogen and oxygen atoms in total. The highest BCUT2D eigenvalue weighted by atomic mass is 79.9. The first-order valence-electron chi connectivity index (χ1n) is 4.08. The number of aromatic nitrogens is 1. The Morgan fingerprint density at radius 2 is 2.38 bits per heavy atom. The molecule has 1 N–H and O–H groups in total. The summed E-state index contributed by atoms with van der Waals surface area (Å²) >= 11 is 3.30. The molecule has 1 rings (SSSR count). The van der Waals surface area contributed by atoms with E-state index in [1.165, 1.54) is 0 Å². The second-order valence-corrected chi connectivity index (χ2v) is 3.55. The monoisotopic (exact) mass is 245 g/mol. The molecule has 0 aliphatic heterocycles. The molecule has 13 heavy (non-hydrogen) atoms. The molecule has 0 spiro atoms. The van der Waals surface area contributed by atoms with Crippen molar-refractivity contribution >= 4 is 15.9 Å². The summed E-state index contributed by atoms with van der Waals surface area (Å²) < 4.78 is 6.24. The highest BCUT2D eigenvalue weighted by Crippen LogP contribution is 2.15. The van der Waals surface area contributed by atoms with Crippen LogP contribution in [0.3, 0.4) is 0 Å². The summed E-state index contributed by atoms with van der Waals surface area (Å²) in [6.07, 6.45) is 1.66. The highest BCUT2D eigenvalue weighted by Gasteiger charge is 2.05. The molecule has 1 aromatic heterocycles. The minimum absolute atomic E-state index is 0.0425. The molecule has 0 unspecified atom stereocenters. The number of pyridine rings is 1. The van der Waals surface area contributed by atoms with Crippen LogP contribution >= 0.6 is 15.9 Å². The molecule has 0 amide bonds. The molecule has 0 fully saturated rings. The standard InChI is InChI=1S/C9H12BrNO2/c1-7(13-5-4-12)9-3-2-8(10)6-11-9/h2-3,6-7,12H,4-5H2,1H3/t7-/m1/s1. The van der Waals surface area contributed by atoms with Gasteiger partial charge in [0, 0.05) is 10.7 Å². The van der Waals surface area contributed by atoms with E-state index in [4.69, 9.17) is 9.84 Å². The van der Waals surface area contributed by atoms with Gasteiger partial charge in [0.15, 0.2) is 0 Å².